The summed E-state index contributed by atoms with van der Waals surface area (Å²) in [5.41, 5.74) is 1.66. The van der Waals surface area contributed by atoms with Gasteiger partial charge in [-0.1, -0.05) is 12.1 Å². The fourth-order valence-corrected chi connectivity index (χ4v) is 2.50. The van der Waals surface area contributed by atoms with Gasteiger partial charge in [-0.15, -0.1) is 11.3 Å². The van der Waals surface area contributed by atoms with Gasteiger partial charge in [-0.25, -0.2) is 4.98 Å². The normalized spacial score (nSPS) is 12.3. The van der Waals surface area contributed by atoms with E-state index in [2.05, 4.69) is 10.3 Å². The summed E-state index contributed by atoms with van der Waals surface area (Å²) >= 11 is 1.45. The summed E-state index contributed by atoms with van der Waals surface area (Å²) in [4.78, 5) is 14.8. The second-order valence-electron chi connectivity index (χ2n) is 4.43. The van der Waals surface area contributed by atoms with Crippen molar-refractivity contribution >= 4 is 17.0 Å². The third-order valence-corrected chi connectivity index (χ3v) is 3.54. The van der Waals surface area contributed by atoms with Crippen molar-refractivity contribution in [3.8, 4) is 10.6 Å². The minimum absolute atomic E-state index is 0.0616. The number of benzene rings is 1. The van der Waals surface area contributed by atoms with Crippen molar-refractivity contribution < 1.29 is 10.0 Å². The maximum atomic E-state index is 10.7. The second-order valence-corrected chi connectivity index (χ2v) is 5.29. The zero-order chi connectivity index (χ0) is 14.5. The van der Waals surface area contributed by atoms with Gasteiger partial charge in [-0.3, -0.25) is 10.1 Å². The van der Waals surface area contributed by atoms with Crippen LogP contribution < -0.4 is 5.32 Å². The number of rotatable bonds is 6. The molecule has 7 heteroatoms. The van der Waals surface area contributed by atoms with Crippen molar-refractivity contribution in [1.82, 2.24) is 10.3 Å². The quantitative estimate of drug-likeness (QED) is 0.629. The van der Waals surface area contributed by atoms with Crippen LogP contribution in [0, 0.1) is 10.1 Å². The maximum absolute atomic E-state index is 10.7. The molecule has 2 rings (SSSR count). The van der Waals surface area contributed by atoms with Crippen molar-refractivity contribution in [3.63, 3.8) is 0 Å². The third kappa shape index (κ3) is 3.83. The number of aliphatic hydroxyl groups is 1. The van der Waals surface area contributed by atoms with E-state index < -0.39 is 11.0 Å². The molecule has 0 saturated heterocycles. The maximum Gasteiger partial charge on any atom is 0.270 e. The number of nitro groups is 1. The van der Waals surface area contributed by atoms with Gasteiger partial charge in [0.2, 0.25) is 0 Å². The van der Waals surface area contributed by atoms with E-state index in [9.17, 15) is 10.1 Å². The summed E-state index contributed by atoms with van der Waals surface area (Å²) in [7, 11) is 0. The summed E-state index contributed by atoms with van der Waals surface area (Å²) in [6, 6.07) is 6.44. The Hall–Kier alpha value is -1.83. The van der Waals surface area contributed by atoms with E-state index in [4.69, 9.17) is 5.11 Å². The van der Waals surface area contributed by atoms with Crippen LogP contribution in [0.1, 0.15) is 12.6 Å². The molecule has 0 radical (unpaired) electrons. The molecule has 0 bridgehead atoms. The molecule has 0 aliphatic heterocycles. The van der Waals surface area contributed by atoms with Crippen LogP contribution in [0.5, 0.6) is 0 Å². The zero-order valence-corrected chi connectivity index (χ0v) is 11.8. The fraction of sp³-hybridized carbons (Fsp3) is 0.308. The van der Waals surface area contributed by atoms with Crippen LogP contribution in [0.15, 0.2) is 29.6 Å². The topological polar surface area (TPSA) is 88.3 Å². The Morgan fingerprint density at radius 2 is 2.35 bits per heavy atom. The number of nitro benzene ring substituents is 1. The lowest BCUT2D eigenvalue weighted by Gasteiger charge is -2.04. The van der Waals surface area contributed by atoms with Gasteiger partial charge in [-0.2, -0.15) is 0 Å². The molecule has 1 heterocycles. The van der Waals surface area contributed by atoms with Gasteiger partial charge in [0.25, 0.3) is 5.69 Å². The van der Waals surface area contributed by atoms with E-state index in [1.165, 1.54) is 23.5 Å². The Kier molecular flexibility index (Phi) is 4.78. The van der Waals surface area contributed by atoms with Gasteiger partial charge in [0, 0.05) is 36.2 Å². The first-order chi connectivity index (χ1) is 9.56. The summed E-state index contributed by atoms with van der Waals surface area (Å²) in [6.45, 7) is 2.78. The average Bonchev–Trinajstić information content (AvgIpc) is 2.87. The Bertz CT molecular complexity index is 598. The van der Waals surface area contributed by atoms with Crippen LogP contribution in [-0.4, -0.2) is 27.7 Å². The monoisotopic (exact) mass is 293 g/mol. The van der Waals surface area contributed by atoms with E-state index in [0.29, 0.717) is 13.1 Å². The number of nitrogens with one attached hydrogen (secondary N) is 1. The van der Waals surface area contributed by atoms with E-state index in [0.717, 1.165) is 16.3 Å². The lowest BCUT2D eigenvalue weighted by atomic mass is 10.2. The zero-order valence-electron chi connectivity index (χ0n) is 10.9. The number of hydrogen-bond donors (Lipinski definition) is 2. The lowest BCUT2D eigenvalue weighted by Crippen LogP contribution is -2.23. The number of non-ortho nitro benzene ring substituents is 1. The third-order valence-electron chi connectivity index (χ3n) is 2.60. The lowest BCUT2D eigenvalue weighted by molar-refractivity contribution is -0.384. The molecular formula is C13H15N3O3S. The van der Waals surface area contributed by atoms with E-state index >= 15 is 0 Å². The van der Waals surface area contributed by atoms with Gasteiger partial charge >= 0.3 is 0 Å². The van der Waals surface area contributed by atoms with Crippen molar-refractivity contribution in [3.05, 3.63) is 45.5 Å². The summed E-state index contributed by atoms with van der Waals surface area (Å²) in [5, 5.41) is 25.6. The van der Waals surface area contributed by atoms with Gasteiger partial charge in [-0.05, 0) is 6.92 Å². The van der Waals surface area contributed by atoms with Crippen LogP contribution in [0.4, 0.5) is 5.69 Å². The van der Waals surface area contributed by atoms with Gasteiger partial charge < -0.3 is 10.4 Å². The van der Waals surface area contributed by atoms with Crippen molar-refractivity contribution in [2.75, 3.05) is 6.54 Å². The SMILES string of the molecule is CC(O)CNCc1csc(-c2cccc([N+](=O)[O-])c2)n1. The van der Waals surface area contributed by atoms with Crippen LogP contribution >= 0.6 is 11.3 Å². The first kappa shape index (κ1) is 14.6. The van der Waals surface area contributed by atoms with Crippen LogP contribution in [0.2, 0.25) is 0 Å². The predicted octanol–water partition coefficient (Wildman–Crippen LogP) is 2.19. The minimum atomic E-state index is -0.414. The summed E-state index contributed by atoms with van der Waals surface area (Å²) in [6.07, 6.45) is -0.398. The van der Waals surface area contributed by atoms with Crippen molar-refractivity contribution in [1.29, 1.82) is 0 Å². The minimum Gasteiger partial charge on any atom is -0.392 e. The van der Waals surface area contributed by atoms with E-state index in [1.54, 1.807) is 19.1 Å². The first-order valence-corrected chi connectivity index (χ1v) is 7.02. The van der Waals surface area contributed by atoms with Crippen LogP contribution in [0.25, 0.3) is 10.6 Å². The van der Waals surface area contributed by atoms with Crippen LogP contribution in [0.3, 0.4) is 0 Å². The van der Waals surface area contributed by atoms with Gasteiger partial charge in [0.05, 0.1) is 16.7 Å². The van der Waals surface area contributed by atoms with Crippen molar-refractivity contribution in [2.45, 2.75) is 19.6 Å². The molecular weight excluding hydrogens is 278 g/mol. The highest BCUT2D eigenvalue weighted by molar-refractivity contribution is 7.13. The van der Waals surface area contributed by atoms with Gasteiger partial charge in [0.1, 0.15) is 5.01 Å². The molecule has 0 saturated carbocycles. The number of nitrogens with zero attached hydrogens (tertiary/aromatic N) is 2. The molecule has 1 aromatic heterocycles. The molecule has 1 aromatic carbocycles. The molecule has 2 N–H and O–H groups in total. The Labute approximate surface area is 120 Å². The molecule has 0 aliphatic carbocycles. The number of aliphatic hydroxyl groups excluding tert-OH is 1. The van der Waals surface area contributed by atoms with Crippen LogP contribution in [-0.2, 0) is 6.54 Å². The molecule has 20 heavy (non-hydrogen) atoms. The summed E-state index contributed by atoms with van der Waals surface area (Å²) < 4.78 is 0. The van der Waals surface area contributed by atoms with E-state index in [-0.39, 0.29) is 5.69 Å². The molecule has 0 fully saturated rings. The molecule has 2 aromatic rings. The van der Waals surface area contributed by atoms with Gasteiger partial charge in [0.15, 0.2) is 0 Å². The predicted molar refractivity (Wildman–Crippen MR) is 77.6 cm³/mol. The second kappa shape index (κ2) is 6.56. The smallest absolute Gasteiger partial charge is 0.270 e. The Morgan fingerprint density at radius 1 is 1.55 bits per heavy atom. The summed E-state index contributed by atoms with van der Waals surface area (Å²) in [5.74, 6) is 0. The molecule has 0 spiro atoms. The molecule has 0 aliphatic rings. The molecule has 1 atom stereocenters. The number of hydrogen-bond acceptors (Lipinski definition) is 6. The highest BCUT2D eigenvalue weighted by atomic mass is 32.1. The standard InChI is InChI=1S/C13H15N3O3S/c1-9(17)6-14-7-11-8-20-13(15-11)10-3-2-4-12(5-10)16(18)19/h2-5,8-9,14,17H,6-7H2,1H3. The van der Waals surface area contributed by atoms with Crippen molar-refractivity contribution in [2.24, 2.45) is 0 Å². The number of aromatic nitrogens is 1. The molecule has 1 unspecified atom stereocenters. The average molecular weight is 293 g/mol. The number of thiazole rings is 1. The fourth-order valence-electron chi connectivity index (χ4n) is 1.68. The largest absolute Gasteiger partial charge is 0.392 e. The molecule has 106 valence electrons. The Morgan fingerprint density at radius 3 is 3.05 bits per heavy atom. The highest BCUT2D eigenvalue weighted by Crippen LogP contribution is 2.26. The first-order valence-electron chi connectivity index (χ1n) is 6.14. The Balaban J connectivity index is 2.08. The van der Waals surface area contributed by atoms with E-state index in [1.807, 2.05) is 5.38 Å². The highest BCUT2D eigenvalue weighted by Gasteiger charge is 2.10. The molecule has 6 nitrogen and oxygen atoms in total. The molecule has 0 amide bonds.